The van der Waals surface area contributed by atoms with Gasteiger partial charge in [0.1, 0.15) is 28.8 Å². The molecule has 3 amide bonds. The fourth-order valence-electron chi connectivity index (χ4n) is 8.79. The number of amides is 3. The highest BCUT2D eigenvalue weighted by atomic mass is 16.5. The summed E-state index contributed by atoms with van der Waals surface area (Å²) >= 11 is 0. The molecule has 6 N–H and O–H groups in total. The van der Waals surface area contributed by atoms with Crippen molar-refractivity contribution < 1.29 is 37.5 Å². The van der Waals surface area contributed by atoms with Gasteiger partial charge in [-0.1, -0.05) is 65.0 Å². The molecule has 65 heavy (non-hydrogen) atoms. The van der Waals surface area contributed by atoms with E-state index in [1.54, 1.807) is 42.7 Å². The molecule has 1 aliphatic heterocycles. The van der Waals surface area contributed by atoms with Gasteiger partial charge in [-0.05, 0) is 62.9 Å². The molecule has 1 spiro atoms. The fraction of sp³-hybridized carbons (Fsp3) is 0.447. The number of nitrogens with two attached hydrogens (primary N) is 2. The SMILES string of the molecule is CCc1nc(C)oc1C(=O)Nc1nc2cc(C=O)cc3c2n1C/C=C/Cn1c(NC(=O)c2oc(C)nc2CC)nc2cc(C(N)=O)cc(c21)OCC1(CCCCC(C)CCC1)CO3.CN. The van der Waals surface area contributed by atoms with Gasteiger partial charge >= 0.3 is 0 Å². The Balaban J connectivity index is 0.00000311. The molecule has 5 heterocycles. The normalized spacial score (nSPS) is 18.4. The van der Waals surface area contributed by atoms with Crippen LogP contribution in [0.25, 0.3) is 22.1 Å². The molecule has 0 radical (unpaired) electrons. The van der Waals surface area contributed by atoms with Crippen molar-refractivity contribution >= 4 is 58.0 Å². The Kier molecular flexibility index (Phi) is 14.2. The van der Waals surface area contributed by atoms with Gasteiger partial charge in [0.2, 0.25) is 29.3 Å². The van der Waals surface area contributed by atoms with E-state index in [-0.39, 0.29) is 55.3 Å². The van der Waals surface area contributed by atoms with Crippen molar-refractivity contribution in [2.24, 2.45) is 22.8 Å². The molecule has 2 aliphatic rings. The summed E-state index contributed by atoms with van der Waals surface area (Å²) in [5.41, 5.74) is 13.4. The Bertz CT molecular complexity index is 2760. The first-order chi connectivity index (χ1) is 31.4. The number of benzene rings is 2. The third-order valence-corrected chi connectivity index (χ3v) is 12.1. The van der Waals surface area contributed by atoms with Crippen LogP contribution in [-0.2, 0) is 25.9 Å². The van der Waals surface area contributed by atoms with Crippen LogP contribution < -0.4 is 31.6 Å². The number of carbonyl (C=O) groups is 4. The molecule has 0 saturated heterocycles. The lowest BCUT2D eigenvalue weighted by Gasteiger charge is -2.34. The van der Waals surface area contributed by atoms with Crippen molar-refractivity contribution in [1.82, 2.24) is 29.1 Å². The topological polar surface area (TPSA) is 251 Å². The number of primary amides is 1. The van der Waals surface area contributed by atoms with E-state index in [9.17, 15) is 19.2 Å². The summed E-state index contributed by atoms with van der Waals surface area (Å²) in [6.07, 6.45) is 12.1. The first-order valence-electron chi connectivity index (χ1n) is 22.3. The summed E-state index contributed by atoms with van der Waals surface area (Å²) in [6, 6.07) is 6.58. The number of aldehydes is 1. The van der Waals surface area contributed by atoms with Gasteiger partial charge in [-0.15, -0.1) is 0 Å². The van der Waals surface area contributed by atoms with Crippen molar-refractivity contribution in [2.75, 3.05) is 30.9 Å². The van der Waals surface area contributed by atoms with E-state index in [0.717, 1.165) is 51.2 Å². The maximum absolute atomic E-state index is 13.8. The number of rotatable bonds is 8. The van der Waals surface area contributed by atoms with E-state index >= 15 is 0 Å². The van der Waals surface area contributed by atoms with Crippen molar-refractivity contribution in [2.45, 2.75) is 105 Å². The van der Waals surface area contributed by atoms with Crippen LogP contribution in [0.1, 0.15) is 131 Å². The zero-order valence-electron chi connectivity index (χ0n) is 37.9. The smallest absolute Gasteiger partial charge is 0.295 e. The maximum Gasteiger partial charge on any atom is 0.295 e. The predicted octanol–water partition coefficient (Wildman–Crippen LogP) is 7.49. The van der Waals surface area contributed by atoms with Crippen LogP contribution in [0.3, 0.4) is 0 Å². The molecule has 8 rings (SSSR count). The van der Waals surface area contributed by atoms with Gasteiger partial charge in [0.15, 0.2) is 11.8 Å². The minimum atomic E-state index is -0.659. The number of nitrogens with zero attached hydrogens (tertiary/aromatic N) is 6. The highest BCUT2D eigenvalue weighted by Crippen LogP contribution is 2.40. The number of hydrogen-bond donors (Lipinski definition) is 4. The number of nitrogens with one attached hydrogen (secondary N) is 2. The molecule has 344 valence electrons. The van der Waals surface area contributed by atoms with Crippen molar-refractivity contribution in [3.63, 3.8) is 0 Å². The fourth-order valence-corrected chi connectivity index (χ4v) is 8.79. The van der Waals surface area contributed by atoms with Crippen LogP contribution in [0.5, 0.6) is 11.5 Å². The molecule has 1 fully saturated rings. The van der Waals surface area contributed by atoms with Gasteiger partial charge in [-0.3, -0.25) is 29.8 Å². The second-order valence-electron chi connectivity index (χ2n) is 16.7. The summed E-state index contributed by atoms with van der Waals surface area (Å²) in [5.74, 6) is 0.942. The van der Waals surface area contributed by atoms with Gasteiger partial charge in [-0.25, -0.2) is 19.9 Å². The molecular formula is C47H58N10O8. The Morgan fingerprint density at radius 1 is 0.754 bits per heavy atom. The highest BCUT2D eigenvalue weighted by molar-refractivity contribution is 6.05. The summed E-state index contributed by atoms with van der Waals surface area (Å²) < 4.78 is 28.8. The number of aryl methyl sites for hydroxylation is 4. The van der Waals surface area contributed by atoms with E-state index < -0.39 is 23.1 Å². The molecule has 1 aliphatic carbocycles. The van der Waals surface area contributed by atoms with E-state index in [0.29, 0.717) is 81.1 Å². The molecule has 2 atom stereocenters. The predicted molar refractivity (Wildman–Crippen MR) is 245 cm³/mol. The molecule has 18 heteroatoms. The monoisotopic (exact) mass is 890 g/mol. The standard InChI is InChI=1S/C46H53N9O8.CH5N/c1-6-31-39(62-27(4)48-31)42(58)52-44-50-33-19-29(23-56)20-35-37(33)54(44)17-10-11-18-55-38-34(51-45(55)53-43(59)40-32(7-2)49-28(5)63-40)21-30(41(47)57)22-36(38)61-25-46(24-60-35)15-9-8-13-26(3)14-12-16-46;1-2/h10-11,19-23,26H,6-9,12-18,24-25H2,1-5H3,(H2,47,57)(H,50,52,58)(H,51,53,59);2H2,1H3/b11-10+;. The number of anilines is 2. The first-order valence-corrected chi connectivity index (χ1v) is 22.3. The second-order valence-corrected chi connectivity index (χ2v) is 16.7. The zero-order chi connectivity index (χ0) is 46.4. The lowest BCUT2D eigenvalue weighted by molar-refractivity contribution is 0.0591. The minimum absolute atomic E-state index is 0.0787. The third-order valence-electron chi connectivity index (χ3n) is 12.1. The Morgan fingerprint density at radius 2 is 1.26 bits per heavy atom. The lowest BCUT2D eigenvalue weighted by Crippen LogP contribution is -2.35. The van der Waals surface area contributed by atoms with Gasteiger partial charge < -0.3 is 38.9 Å². The largest absolute Gasteiger partial charge is 0.491 e. The van der Waals surface area contributed by atoms with Crippen LogP contribution in [0.4, 0.5) is 11.9 Å². The van der Waals surface area contributed by atoms with Crippen LogP contribution in [0.15, 0.2) is 45.3 Å². The Labute approximate surface area is 376 Å². The Hall–Kier alpha value is -6.82. The number of aromatic nitrogens is 6. The van der Waals surface area contributed by atoms with E-state index in [2.05, 4.69) is 33.3 Å². The second kappa shape index (κ2) is 19.9. The van der Waals surface area contributed by atoms with Crippen LogP contribution >= 0.6 is 0 Å². The first kappa shape index (κ1) is 46.2. The summed E-state index contributed by atoms with van der Waals surface area (Å²) in [4.78, 5) is 71.2. The van der Waals surface area contributed by atoms with Crippen LogP contribution in [0.2, 0.25) is 0 Å². The van der Waals surface area contributed by atoms with Gasteiger partial charge in [0.25, 0.3) is 11.8 Å². The average molecular weight is 891 g/mol. The van der Waals surface area contributed by atoms with Crippen molar-refractivity contribution in [3.8, 4) is 11.5 Å². The number of hydrogen-bond acceptors (Lipinski definition) is 13. The number of imidazole rings is 2. The quantitative estimate of drug-likeness (QED) is 0.0855. The van der Waals surface area contributed by atoms with E-state index in [1.165, 1.54) is 7.05 Å². The van der Waals surface area contributed by atoms with Crippen LogP contribution in [0, 0.1) is 25.2 Å². The average Bonchev–Trinajstić information content (AvgIpc) is 4.07. The zero-order valence-corrected chi connectivity index (χ0v) is 37.9. The molecule has 2 unspecified atom stereocenters. The lowest BCUT2D eigenvalue weighted by atomic mass is 9.80. The molecule has 0 bridgehead atoms. The molecule has 4 aromatic heterocycles. The van der Waals surface area contributed by atoms with Crippen molar-refractivity contribution in [3.05, 3.63) is 82.2 Å². The summed E-state index contributed by atoms with van der Waals surface area (Å²) in [6.45, 7) is 10.3. The number of allylic oxidation sites excluding steroid dienone is 2. The minimum Gasteiger partial charge on any atom is -0.491 e. The van der Waals surface area contributed by atoms with E-state index in [4.69, 9.17) is 34.0 Å². The summed E-state index contributed by atoms with van der Waals surface area (Å²) in [7, 11) is 1.50. The van der Waals surface area contributed by atoms with Gasteiger partial charge in [0, 0.05) is 43.5 Å². The molecule has 6 aromatic rings. The maximum atomic E-state index is 13.8. The summed E-state index contributed by atoms with van der Waals surface area (Å²) in [5, 5.41) is 5.88. The molecule has 18 nitrogen and oxygen atoms in total. The molecular weight excluding hydrogens is 833 g/mol. The van der Waals surface area contributed by atoms with Crippen LogP contribution in [-0.4, -0.2) is 73.3 Å². The number of ether oxygens (including phenoxy) is 2. The Morgan fingerprint density at radius 3 is 1.78 bits per heavy atom. The van der Waals surface area contributed by atoms with E-state index in [1.807, 2.05) is 30.6 Å². The third kappa shape index (κ3) is 9.82. The highest BCUT2D eigenvalue weighted by Gasteiger charge is 2.35. The van der Waals surface area contributed by atoms with Gasteiger partial charge in [-0.2, -0.15) is 0 Å². The molecule has 2 aromatic carbocycles. The molecule has 1 saturated carbocycles. The number of carbonyl (C=O) groups excluding carboxylic acids is 4. The van der Waals surface area contributed by atoms with Gasteiger partial charge in [0.05, 0.1) is 35.6 Å². The number of oxazole rings is 2. The van der Waals surface area contributed by atoms with Crippen molar-refractivity contribution in [1.29, 1.82) is 0 Å².